The van der Waals surface area contributed by atoms with E-state index in [2.05, 4.69) is 51.9 Å². The maximum absolute atomic E-state index is 14.5. The first kappa shape index (κ1) is 57.6. The fourth-order valence-electron chi connectivity index (χ4n) is 8.45. The van der Waals surface area contributed by atoms with Gasteiger partial charge in [-0.25, -0.2) is 4.79 Å². The van der Waals surface area contributed by atoms with E-state index >= 15 is 0 Å². The number of guanidine groups is 2. The Labute approximate surface area is 421 Å². The molecule has 3 aliphatic rings. The van der Waals surface area contributed by atoms with E-state index < -0.39 is 172 Å². The number of aryl methyl sites for hydroxylation is 1. The molecule has 13 atom stereocenters. The Kier molecular flexibility index (Phi) is 19.9. The number of carbonyl (C=O) groups excluding carboxylic acids is 7. The summed E-state index contributed by atoms with van der Waals surface area (Å²) < 4.78 is 10.4. The van der Waals surface area contributed by atoms with Crippen molar-refractivity contribution in [1.29, 1.82) is 0 Å². The zero-order valence-corrected chi connectivity index (χ0v) is 40.0. The van der Waals surface area contributed by atoms with Crippen LogP contribution in [-0.2, 0) is 51.1 Å². The Morgan fingerprint density at radius 3 is 2.04 bits per heavy atom. The number of aliphatic hydroxyl groups excluding tert-OH is 6. The Balaban J connectivity index is 1.54. The summed E-state index contributed by atoms with van der Waals surface area (Å²) in [5.41, 5.74) is 16.4. The van der Waals surface area contributed by atoms with Crippen molar-refractivity contribution in [3.8, 4) is 5.75 Å². The third kappa shape index (κ3) is 13.5. The first-order valence-electron chi connectivity index (χ1n) is 22.9. The molecule has 0 spiro atoms. The van der Waals surface area contributed by atoms with E-state index in [1.807, 2.05) is 6.92 Å². The van der Waals surface area contributed by atoms with Crippen LogP contribution < -0.4 is 54.4 Å². The summed E-state index contributed by atoms with van der Waals surface area (Å²) in [5.74, 6) is -6.89. The number of nitrogens with zero attached hydrogens (tertiary/aromatic N) is 3. The molecule has 30 heteroatoms. The number of amides is 6. The van der Waals surface area contributed by atoms with Crippen LogP contribution in [0.3, 0.4) is 0 Å². The van der Waals surface area contributed by atoms with Crippen molar-refractivity contribution < 1.29 is 83.9 Å². The molecule has 8 unspecified atom stereocenters. The Morgan fingerprint density at radius 1 is 0.838 bits per heavy atom. The van der Waals surface area contributed by atoms with Crippen molar-refractivity contribution in [2.45, 2.75) is 98.3 Å². The predicted molar refractivity (Wildman–Crippen MR) is 256 cm³/mol. The largest absolute Gasteiger partial charge is 0.506 e. The minimum atomic E-state index is -2.87. The number of ether oxygens (including phenoxy) is 2. The fraction of sp³-hybridized carbons (Fsp3) is 0.523. The van der Waals surface area contributed by atoms with E-state index in [-0.39, 0.29) is 29.9 Å². The van der Waals surface area contributed by atoms with Crippen LogP contribution in [0.25, 0.3) is 0 Å². The number of aliphatic hydroxyl groups is 7. The van der Waals surface area contributed by atoms with Crippen molar-refractivity contribution in [2.24, 2.45) is 27.2 Å². The minimum Gasteiger partial charge on any atom is -0.506 e. The standard InChI is InChI=1S/C44H63N13O17/c1-19-3-5-20(6-4-19)9-24(51-31(63)12-45)36(67)52-25(11-21-7-8-27(62)23(10-21)54-43(71)73-2)37(68)53-26(17-60)38(69)56-35(39(70)50-22(15-58)16-59)44(72,29-13-48-41(46)55-29)30-14-49-42(47)57(30)40-34(66)33(65)32(64)28(18-61)74-40/h3-8,10,15,22,24-26,28-30,32-35,40,59-62,64-66,72H,9,11-14,16-18,45H2,1-2H3,(H2,47,49)(H,50,70)(H,51,63)(H,52,67)(H,53,68)(H,54,71)(H,56,69)(H3,46,48,55)/t22-,24+,25+,26+,28?,29?,30?,32?,33?,34?,35-,40?,44?/m1/s1. The minimum absolute atomic E-state index is 0.105. The molecule has 1 fully saturated rings. The van der Waals surface area contributed by atoms with Gasteiger partial charge in [0, 0.05) is 12.8 Å². The highest BCUT2D eigenvalue weighted by Crippen LogP contribution is 2.35. The number of phenols is 1. The molecule has 0 radical (unpaired) electrons. The number of aliphatic imine (C=N–C) groups is 2. The van der Waals surface area contributed by atoms with Crippen molar-refractivity contribution in [3.05, 3.63) is 59.2 Å². The van der Waals surface area contributed by atoms with E-state index in [9.17, 15) is 74.4 Å². The number of rotatable bonds is 23. The van der Waals surface area contributed by atoms with Gasteiger partial charge in [-0.05, 0) is 30.2 Å². The monoisotopic (exact) mass is 1050 g/mol. The summed E-state index contributed by atoms with van der Waals surface area (Å²) in [6, 6.07) is -1.83. The highest BCUT2D eigenvalue weighted by molar-refractivity contribution is 5.97. The average molecular weight is 1050 g/mol. The van der Waals surface area contributed by atoms with Gasteiger partial charge < -0.3 is 109 Å². The van der Waals surface area contributed by atoms with E-state index in [0.29, 0.717) is 5.56 Å². The number of carbonyl (C=O) groups is 7. The van der Waals surface area contributed by atoms with Crippen molar-refractivity contribution in [3.63, 3.8) is 0 Å². The average Bonchev–Trinajstić information content (AvgIpc) is 4.01. The summed E-state index contributed by atoms with van der Waals surface area (Å²) in [6.45, 7) is -2.87. The van der Waals surface area contributed by atoms with Gasteiger partial charge in [0.2, 0.25) is 29.5 Å². The summed E-state index contributed by atoms with van der Waals surface area (Å²) in [5, 5.41) is 104. The Morgan fingerprint density at radius 2 is 1.46 bits per heavy atom. The number of aldehydes is 1. The van der Waals surface area contributed by atoms with Gasteiger partial charge in [0.15, 0.2) is 18.1 Å². The van der Waals surface area contributed by atoms with E-state index in [4.69, 9.17) is 21.9 Å². The van der Waals surface area contributed by atoms with Crippen LogP contribution in [-0.4, -0.2) is 225 Å². The van der Waals surface area contributed by atoms with Crippen LogP contribution in [0, 0.1) is 6.92 Å². The second kappa shape index (κ2) is 25.6. The molecule has 0 aromatic heterocycles. The molecule has 2 aromatic rings. The van der Waals surface area contributed by atoms with Gasteiger partial charge >= 0.3 is 6.09 Å². The maximum Gasteiger partial charge on any atom is 0.411 e. The summed E-state index contributed by atoms with van der Waals surface area (Å²) in [6.07, 6.45) is -10.7. The van der Waals surface area contributed by atoms with Gasteiger partial charge in [-0.1, -0.05) is 35.9 Å². The first-order valence-corrected chi connectivity index (χ1v) is 22.9. The van der Waals surface area contributed by atoms with E-state index in [1.54, 1.807) is 24.3 Å². The quantitative estimate of drug-likeness (QED) is 0.0363. The summed E-state index contributed by atoms with van der Waals surface area (Å²) in [4.78, 5) is 103. The molecule has 1 saturated heterocycles. The molecule has 6 amide bonds. The van der Waals surface area contributed by atoms with Gasteiger partial charge in [-0.3, -0.25) is 39.3 Å². The summed E-state index contributed by atoms with van der Waals surface area (Å²) in [7, 11) is 1.07. The molecule has 0 saturated carbocycles. The predicted octanol–water partition coefficient (Wildman–Crippen LogP) is -8.95. The molecule has 5 rings (SSSR count). The van der Waals surface area contributed by atoms with Gasteiger partial charge in [0.05, 0.1) is 64.3 Å². The van der Waals surface area contributed by atoms with Crippen LogP contribution >= 0.6 is 0 Å². The summed E-state index contributed by atoms with van der Waals surface area (Å²) >= 11 is 0. The zero-order valence-electron chi connectivity index (χ0n) is 40.0. The highest BCUT2D eigenvalue weighted by Gasteiger charge is 2.61. The number of methoxy groups -OCH3 is 1. The lowest BCUT2D eigenvalue weighted by Gasteiger charge is -2.51. The third-order valence-electron chi connectivity index (χ3n) is 12.5. The normalized spacial score (nSPS) is 24.2. The van der Waals surface area contributed by atoms with Gasteiger partial charge in [-0.2, -0.15) is 0 Å². The van der Waals surface area contributed by atoms with Crippen LogP contribution in [0.1, 0.15) is 16.7 Å². The molecule has 2 aromatic carbocycles. The maximum atomic E-state index is 14.5. The molecular formula is C44H63N13O17. The number of phenolic OH excluding ortho intramolecular Hbond substituents is 1. The van der Waals surface area contributed by atoms with Crippen LogP contribution in [0.4, 0.5) is 10.5 Å². The number of aromatic hydroxyl groups is 1. The highest BCUT2D eigenvalue weighted by atomic mass is 16.6. The fourth-order valence-corrected chi connectivity index (χ4v) is 8.45. The van der Waals surface area contributed by atoms with Crippen LogP contribution in [0.5, 0.6) is 5.75 Å². The molecule has 21 N–H and O–H groups in total. The van der Waals surface area contributed by atoms with Crippen molar-refractivity contribution in [1.82, 2.24) is 36.8 Å². The van der Waals surface area contributed by atoms with Crippen molar-refractivity contribution >= 4 is 59.5 Å². The number of benzene rings is 2. The molecule has 3 heterocycles. The molecule has 0 bridgehead atoms. The topological polar surface area (TPSA) is 490 Å². The molecule has 406 valence electrons. The molecule has 0 aliphatic carbocycles. The van der Waals surface area contributed by atoms with E-state index in [0.717, 1.165) is 23.6 Å². The van der Waals surface area contributed by atoms with Crippen LogP contribution in [0.15, 0.2) is 52.4 Å². The first-order chi connectivity index (χ1) is 35.1. The number of anilines is 1. The van der Waals surface area contributed by atoms with Crippen molar-refractivity contribution in [2.75, 3.05) is 51.9 Å². The Bertz CT molecular complexity index is 2410. The Hall–Kier alpha value is -7.29. The lowest BCUT2D eigenvalue weighted by molar-refractivity contribution is -0.264. The SMILES string of the molecule is COC(=O)Nc1cc(C[C@H](NC(=O)[C@H](Cc2ccc(C)cc2)NC(=O)CN)C(=O)N[C@@H](CO)C(=O)N[C@H](C(=O)N[C@H](C=O)CO)C(O)(C2CN=C(N)N2)C2CN=C(N)N2C2OC(CO)C(O)C(O)C2O)ccc1O. The molecular weight excluding hydrogens is 983 g/mol. The lowest BCUT2D eigenvalue weighted by Crippen LogP contribution is -2.78. The third-order valence-corrected chi connectivity index (χ3v) is 12.5. The van der Waals surface area contributed by atoms with Gasteiger partial charge in [0.1, 0.15) is 72.3 Å². The molecule has 3 aliphatic heterocycles. The lowest BCUT2D eigenvalue weighted by atomic mass is 9.77. The van der Waals surface area contributed by atoms with Gasteiger partial charge in [0.25, 0.3) is 0 Å². The number of nitrogens with two attached hydrogens (primary N) is 3. The van der Waals surface area contributed by atoms with Crippen LogP contribution in [0.2, 0.25) is 0 Å². The van der Waals surface area contributed by atoms with Gasteiger partial charge in [-0.15, -0.1) is 0 Å². The molecule has 30 nitrogen and oxygen atoms in total. The smallest absolute Gasteiger partial charge is 0.411 e. The number of hydrogen-bond acceptors (Lipinski definition) is 24. The van der Waals surface area contributed by atoms with E-state index in [1.165, 1.54) is 12.1 Å². The zero-order chi connectivity index (χ0) is 54.6. The second-order valence-corrected chi connectivity index (χ2v) is 17.5. The number of hydrogen-bond donors (Lipinski definition) is 18. The second-order valence-electron chi connectivity index (χ2n) is 17.5. The number of nitrogens with one attached hydrogen (secondary N) is 7. The molecule has 74 heavy (non-hydrogen) atoms.